The molecule has 3 aromatic rings. The monoisotopic (exact) mass is 816 g/mol. The molecule has 3 N–H and O–H groups in total. The molecule has 0 spiro atoms. The smallest absolute Gasteiger partial charge is 0.322 e. The molecule has 0 bridgehead atoms. The second-order valence-corrected chi connectivity index (χ2v) is 16.1. The number of halogens is 6. The molecule has 5 rings (SSSR count). The highest BCUT2D eigenvalue weighted by Crippen LogP contribution is 2.40. The number of carbonyl (C=O) groups excluding carboxylic acids is 2. The number of alkyl halides is 6. The molecular formula is C35H34Cl6N4O6. The van der Waals surface area contributed by atoms with E-state index in [9.17, 15) is 9.59 Å². The van der Waals surface area contributed by atoms with Crippen LogP contribution in [0, 0.1) is 0 Å². The Morgan fingerprint density at radius 2 is 1.35 bits per heavy atom. The number of carbonyl (C=O) groups is 2. The fourth-order valence-corrected chi connectivity index (χ4v) is 6.00. The number of benzene rings is 3. The lowest BCUT2D eigenvalue weighted by atomic mass is 10.1. The summed E-state index contributed by atoms with van der Waals surface area (Å²) in [5, 5.41) is 7.88. The van der Waals surface area contributed by atoms with Gasteiger partial charge in [0, 0.05) is 30.0 Å². The first-order chi connectivity index (χ1) is 24.3. The Kier molecular flexibility index (Phi) is 13.4. The molecule has 2 aliphatic rings. The van der Waals surface area contributed by atoms with Gasteiger partial charge in [-0.3, -0.25) is 10.1 Å². The third-order valence-corrected chi connectivity index (χ3v) is 8.97. The Bertz CT molecular complexity index is 1720. The molecule has 1 aliphatic heterocycles. The standard InChI is InChI=1S/C35H34Cl6N4O6/c1-48-25-14-12-24(13-15-25)42-33(47)44-32(35(39,40)41)51-28-10-6-5-9-27(28)50-31(34(36,37)38)43-30(46)26-16-11-23(21-22-7-3-2-4-8-22)29(26)45-17-19-49-20-18-45/h2-10,12-15,21,31-32H,11,16-20H2,1H3,(H,43,46)(H2,42,44,47)/b23-21+. The Balaban J connectivity index is 1.36. The van der Waals surface area contributed by atoms with Crippen molar-refractivity contribution in [1.29, 1.82) is 0 Å². The van der Waals surface area contributed by atoms with Crippen LogP contribution < -0.4 is 30.2 Å². The maximum absolute atomic E-state index is 14.0. The molecule has 16 heteroatoms. The molecule has 1 saturated heterocycles. The molecule has 0 radical (unpaired) electrons. The second kappa shape index (κ2) is 17.5. The highest BCUT2D eigenvalue weighted by Gasteiger charge is 2.40. The summed E-state index contributed by atoms with van der Waals surface area (Å²) in [6, 6.07) is 22.0. The van der Waals surface area contributed by atoms with Crippen molar-refractivity contribution in [3.05, 3.63) is 101 Å². The number of para-hydroxylation sites is 2. The van der Waals surface area contributed by atoms with Gasteiger partial charge in [0.05, 0.1) is 20.3 Å². The molecule has 1 heterocycles. The number of allylic oxidation sites excluding steroid dienone is 1. The minimum Gasteiger partial charge on any atom is -0.497 e. The van der Waals surface area contributed by atoms with Gasteiger partial charge in [-0.05, 0) is 66.5 Å². The van der Waals surface area contributed by atoms with Crippen molar-refractivity contribution in [1.82, 2.24) is 15.5 Å². The molecule has 3 amide bonds. The van der Waals surface area contributed by atoms with E-state index < -0.39 is 32.0 Å². The summed E-state index contributed by atoms with van der Waals surface area (Å²) in [6.07, 6.45) is 0.142. The maximum Gasteiger partial charge on any atom is 0.322 e. The van der Waals surface area contributed by atoms with Crippen molar-refractivity contribution in [2.75, 3.05) is 38.7 Å². The summed E-state index contributed by atoms with van der Waals surface area (Å²) >= 11 is 37.8. The Hall–Kier alpha value is -3.22. The minimum atomic E-state index is -2.15. The summed E-state index contributed by atoms with van der Waals surface area (Å²) in [5.41, 5.74) is 3.81. The number of nitrogens with one attached hydrogen (secondary N) is 3. The third-order valence-electron chi connectivity index (χ3n) is 7.78. The van der Waals surface area contributed by atoms with E-state index >= 15 is 0 Å². The van der Waals surface area contributed by atoms with Gasteiger partial charge in [-0.25, -0.2) is 4.79 Å². The lowest BCUT2D eigenvalue weighted by Crippen LogP contribution is -2.50. The van der Waals surface area contributed by atoms with Crippen LogP contribution in [0.5, 0.6) is 17.2 Å². The van der Waals surface area contributed by atoms with Crippen molar-refractivity contribution in [2.45, 2.75) is 32.9 Å². The molecule has 10 nitrogen and oxygen atoms in total. The number of urea groups is 1. The summed E-state index contributed by atoms with van der Waals surface area (Å²) in [5.74, 6) is 0.156. The van der Waals surface area contributed by atoms with Crippen LogP contribution in [-0.4, -0.2) is 70.3 Å². The van der Waals surface area contributed by atoms with Crippen LogP contribution in [0.3, 0.4) is 0 Å². The van der Waals surface area contributed by atoms with Gasteiger partial charge in [0.25, 0.3) is 5.91 Å². The minimum absolute atomic E-state index is 0.00856. The molecular weight excluding hydrogens is 785 g/mol. The zero-order valence-corrected chi connectivity index (χ0v) is 31.7. The van der Waals surface area contributed by atoms with E-state index in [0.717, 1.165) is 16.8 Å². The molecule has 3 aromatic carbocycles. The molecule has 2 unspecified atom stereocenters. The predicted molar refractivity (Wildman–Crippen MR) is 202 cm³/mol. The average Bonchev–Trinajstić information content (AvgIpc) is 3.52. The first kappa shape index (κ1) is 39.0. The van der Waals surface area contributed by atoms with Gasteiger partial charge in [0.2, 0.25) is 20.0 Å². The number of anilines is 1. The number of hydrogen-bond donors (Lipinski definition) is 3. The fourth-order valence-electron chi connectivity index (χ4n) is 5.41. The number of hydrogen-bond acceptors (Lipinski definition) is 7. The highest BCUT2D eigenvalue weighted by molar-refractivity contribution is 6.68. The van der Waals surface area contributed by atoms with E-state index in [-0.39, 0.29) is 11.5 Å². The van der Waals surface area contributed by atoms with E-state index in [2.05, 4.69) is 26.9 Å². The summed E-state index contributed by atoms with van der Waals surface area (Å²) in [4.78, 5) is 29.0. The van der Waals surface area contributed by atoms with Crippen LogP contribution in [0.1, 0.15) is 18.4 Å². The molecule has 272 valence electrons. The van der Waals surface area contributed by atoms with Gasteiger partial charge in [0.1, 0.15) is 5.75 Å². The van der Waals surface area contributed by atoms with Crippen molar-refractivity contribution >= 4 is 93.3 Å². The number of rotatable bonds is 11. The number of amides is 3. The summed E-state index contributed by atoms with van der Waals surface area (Å²) in [6.45, 7) is 2.29. The van der Waals surface area contributed by atoms with Crippen LogP contribution in [-0.2, 0) is 9.53 Å². The molecule has 2 atom stereocenters. The van der Waals surface area contributed by atoms with Gasteiger partial charge < -0.3 is 34.5 Å². The van der Waals surface area contributed by atoms with Gasteiger partial charge in [-0.1, -0.05) is 112 Å². The van der Waals surface area contributed by atoms with E-state index in [1.54, 1.807) is 36.4 Å². The van der Waals surface area contributed by atoms with Gasteiger partial charge >= 0.3 is 6.03 Å². The fraction of sp³-hybridized carbons (Fsp3) is 0.314. The lowest BCUT2D eigenvalue weighted by Gasteiger charge is -2.32. The first-order valence-corrected chi connectivity index (χ1v) is 18.0. The molecule has 51 heavy (non-hydrogen) atoms. The van der Waals surface area contributed by atoms with E-state index in [1.165, 1.54) is 19.2 Å². The molecule has 1 aliphatic carbocycles. The Labute approximate surface area is 325 Å². The van der Waals surface area contributed by atoms with E-state index in [0.29, 0.717) is 56.2 Å². The zero-order valence-electron chi connectivity index (χ0n) is 27.1. The molecule has 0 aromatic heterocycles. The van der Waals surface area contributed by atoms with Crippen LogP contribution in [0.2, 0.25) is 0 Å². The Morgan fingerprint density at radius 1 is 0.784 bits per heavy atom. The SMILES string of the molecule is COc1ccc(NC(=O)NC(Oc2ccccc2OC(NC(=O)C2=C(N3CCOCC3)/C(=C/c3ccccc3)CC2)C(Cl)(Cl)Cl)C(Cl)(Cl)Cl)cc1. The van der Waals surface area contributed by atoms with Crippen molar-refractivity contribution in [3.63, 3.8) is 0 Å². The average molecular weight is 819 g/mol. The van der Waals surface area contributed by atoms with E-state index in [1.807, 2.05) is 30.3 Å². The van der Waals surface area contributed by atoms with Crippen LogP contribution >= 0.6 is 69.6 Å². The topological polar surface area (TPSA) is 110 Å². The van der Waals surface area contributed by atoms with Crippen molar-refractivity contribution < 1.29 is 28.5 Å². The van der Waals surface area contributed by atoms with Gasteiger partial charge in [0.15, 0.2) is 11.5 Å². The molecule has 1 fully saturated rings. The lowest BCUT2D eigenvalue weighted by molar-refractivity contribution is -0.120. The first-order valence-electron chi connectivity index (χ1n) is 15.7. The van der Waals surface area contributed by atoms with Crippen molar-refractivity contribution in [2.24, 2.45) is 0 Å². The van der Waals surface area contributed by atoms with Gasteiger partial charge in [-0.2, -0.15) is 0 Å². The molecule has 0 saturated carbocycles. The largest absolute Gasteiger partial charge is 0.497 e. The number of ether oxygens (including phenoxy) is 4. The van der Waals surface area contributed by atoms with Crippen LogP contribution in [0.4, 0.5) is 10.5 Å². The number of morpholine rings is 1. The third kappa shape index (κ3) is 10.9. The Morgan fingerprint density at radius 3 is 1.92 bits per heavy atom. The van der Waals surface area contributed by atoms with Crippen LogP contribution in [0.25, 0.3) is 6.08 Å². The van der Waals surface area contributed by atoms with Gasteiger partial charge in [-0.15, -0.1) is 0 Å². The van der Waals surface area contributed by atoms with Crippen molar-refractivity contribution in [3.8, 4) is 17.2 Å². The maximum atomic E-state index is 14.0. The predicted octanol–water partition coefficient (Wildman–Crippen LogP) is 8.25. The highest BCUT2D eigenvalue weighted by atomic mass is 35.6. The number of methoxy groups -OCH3 is 1. The van der Waals surface area contributed by atoms with Crippen LogP contribution in [0.15, 0.2) is 95.7 Å². The summed E-state index contributed by atoms with van der Waals surface area (Å²) in [7, 11) is 1.53. The summed E-state index contributed by atoms with van der Waals surface area (Å²) < 4.78 is 18.5. The normalized spacial score (nSPS) is 17.1. The quantitative estimate of drug-likeness (QED) is 0.132. The zero-order chi connectivity index (χ0) is 36.6. The van der Waals surface area contributed by atoms with E-state index in [4.69, 9.17) is 88.6 Å². The second-order valence-electron chi connectivity index (χ2n) is 11.3. The number of nitrogens with zero attached hydrogens (tertiary/aromatic N) is 1.